The van der Waals surface area contributed by atoms with Crippen LogP contribution in [0.1, 0.15) is 40.5 Å². The SMILES string of the molecule is CCOC(=O)CCN(CC(C)(C)O)C(=O)CC(=O)OCC. The lowest BCUT2D eigenvalue weighted by atomic mass is 10.1. The van der Waals surface area contributed by atoms with Crippen LogP contribution in [0.4, 0.5) is 0 Å². The van der Waals surface area contributed by atoms with E-state index in [2.05, 4.69) is 0 Å². The molecule has 0 radical (unpaired) electrons. The highest BCUT2D eigenvalue weighted by molar-refractivity contribution is 5.94. The summed E-state index contributed by atoms with van der Waals surface area (Å²) in [6.45, 7) is 6.99. The Kier molecular flexibility index (Phi) is 8.61. The minimum atomic E-state index is -1.13. The topological polar surface area (TPSA) is 93.1 Å². The van der Waals surface area contributed by atoms with Crippen LogP contribution in [0.15, 0.2) is 0 Å². The Hall–Kier alpha value is -1.63. The second-order valence-corrected chi connectivity index (χ2v) is 5.16. The fourth-order valence-corrected chi connectivity index (χ4v) is 1.67. The smallest absolute Gasteiger partial charge is 0.315 e. The largest absolute Gasteiger partial charge is 0.466 e. The Morgan fingerprint density at radius 3 is 2.05 bits per heavy atom. The number of carbonyl (C=O) groups excluding carboxylic acids is 3. The third-order valence-electron chi connectivity index (χ3n) is 2.42. The van der Waals surface area contributed by atoms with Crippen LogP contribution in [-0.2, 0) is 23.9 Å². The molecular weight excluding hydrogens is 278 g/mol. The van der Waals surface area contributed by atoms with Crippen molar-refractivity contribution in [3.63, 3.8) is 0 Å². The maximum absolute atomic E-state index is 12.0. The molecule has 0 spiro atoms. The van der Waals surface area contributed by atoms with Gasteiger partial charge in [0.2, 0.25) is 5.91 Å². The second-order valence-electron chi connectivity index (χ2n) is 5.16. The minimum absolute atomic E-state index is 0.0124. The first kappa shape index (κ1) is 19.4. The lowest BCUT2D eigenvalue weighted by Crippen LogP contribution is -2.44. The third kappa shape index (κ3) is 9.84. The van der Waals surface area contributed by atoms with Crippen molar-refractivity contribution in [1.29, 1.82) is 0 Å². The van der Waals surface area contributed by atoms with Gasteiger partial charge >= 0.3 is 11.9 Å². The quantitative estimate of drug-likeness (QED) is 0.492. The number of carbonyl (C=O) groups is 3. The Bertz CT molecular complexity index is 361. The maximum Gasteiger partial charge on any atom is 0.315 e. The van der Waals surface area contributed by atoms with E-state index in [4.69, 9.17) is 9.47 Å². The summed E-state index contributed by atoms with van der Waals surface area (Å²) < 4.78 is 9.51. The van der Waals surface area contributed by atoms with Crippen LogP contribution in [0, 0.1) is 0 Å². The zero-order chi connectivity index (χ0) is 16.5. The number of amides is 1. The van der Waals surface area contributed by atoms with Crippen molar-refractivity contribution in [1.82, 2.24) is 4.90 Å². The number of nitrogens with zero attached hydrogens (tertiary/aromatic N) is 1. The summed E-state index contributed by atoms with van der Waals surface area (Å²) in [6, 6.07) is 0. The van der Waals surface area contributed by atoms with Gasteiger partial charge in [-0.15, -0.1) is 0 Å². The van der Waals surface area contributed by atoms with Gasteiger partial charge in [-0.05, 0) is 27.7 Å². The van der Waals surface area contributed by atoms with Gasteiger partial charge in [-0.25, -0.2) is 0 Å². The van der Waals surface area contributed by atoms with Gasteiger partial charge in [0.15, 0.2) is 0 Å². The first-order valence-corrected chi connectivity index (χ1v) is 7.01. The van der Waals surface area contributed by atoms with E-state index in [-0.39, 0.29) is 32.7 Å². The highest BCUT2D eigenvalue weighted by Gasteiger charge is 2.25. The Morgan fingerprint density at radius 1 is 1.05 bits per heavy atom. The van der Waals surface area contributed by atoms with Crippen molar-refractivity contribution < 1.29 is 29.0 Å². The Labute approximate surface area is 125 Å². The van der Waals surface area contributed by atoms with Crippen LogP contribution in [0.2, 0.25) is 0 Å². The molecule has 21 heavy (non-hydrogen) atoms. The lowest BCUT2D eigenvalue weighted by molar-refractivity contribution is -0.150. The van der Waals surface area contributed by atoms with Crippen LogP contribution >= 0.6 is 0 Å². The molecule has 0 saturated carbocycles. The molecular formula is C14H25NO6. The van der Waals surface area contributed by atoms with Crippen molar-refractivity contribution in [2.24, 2.45) is 0 Å². The van der Waals surface area contributed by atoms with Gasteiger partial charge in [0.05, 0.1) is 25.2 Å². The lowest BCUT2D eigenvalue weighted by Gasteiger charge is -2.28. The molecule has 0 aliphatic heterocycles. The van der Waals surface area contributed by atoms with E-state index in [9.17, 15) is 19.5 Å². The number of hydrogen-bond acceptors (Lipinski definition) is 6. The van der Waals surface area contributed by atoms with E-state index in [1.165, 1.54) is 4.90 Å². The summed E-state index contributed by atoms with van der Waals surface area (Å²) in [5.41, 5.74) is -1.13. The molecule has 7 heteroatoms. The number of ether oxygens (including phenoxy) is 2. The molecule has 0 atom stereocenters. The van der Waals surface area contributed by atoms with E-state index in [1.807, 2.05) is 0 Å². The molecule has 1 N–H and O–H groups in total. The summed E-state index contributed by atoms with van der Waals surface area (Å²) in [5.74, 6) is -1.54. The summed E-state index contributed by atoms with van der Waals surface area (Å²) >= 11 is 0. The first-order chi connectivity index (χ1) is 9.69. The average molecular weight is 303 g/mol. The highest BCUT2D eigenvalue weighted by atomic mass is 16.5. The third-order valence-corrected chi connectivity index (χ3v) is 2.42. The Morgan fingerprint density at radius 2 is 1.57 bits per heavy atom. The molecule has 0 unspecified atom stereocenters. The fourth-order valence-electron chi connectivity index (χ4n) is 1.67. The molecule has 0 aromatic rings. The predicted octanol–water partition coefficient (Wildman–Crippen LogP) is 0.492. The van der Waals surface area contributed by atoms with Gasteiger partial charge < -0.3 is 19.5 Å². The standard InChI is InChI=1S/C14H25NO6/c1-5-20-12(17)7-8-15(10-14(3,4)19)11(16)9-13(18)21-6-2/h19H,5-10H2,1-4H3. The van der Waals surface area contributed by atoms with Gasteiger partial charge in [-0.1, -0.05) is 0 Å². The molecule has 0 aromatic heterocycles. The zero-order valence-corrected chi connectivity index (χ0v) is 13.2. The van der Waals surface area contributed by atoms with Crippen LogP contribution in [-0.4, -0.2) is 59.8 Å². The highest BCUT2D eigenvalue weighted by Crippen LogP contribution is 2.08. The molecule has 0 rings (SSSR count). The zero-order valence-electron chi connectivity index (χ0n) is 13.2. The number of aliphatic hydroxyl groups is 1. The Balaban J connectivity index is 4.61. The summed E-state index contributed by atoms with van der Waals surface area (Å²) in [5, 5.41) is 9.82. The molecule has 0 bridgehead atoms. The van der Waals surface area contributed by atoms with Crippen molar-refractivity contribution in [3.05, 3.63) is 0 Å². The maximum atomic E-state index is 12.0. The summed E-state index contributed by atoms with van der Waals surface area (Å²) in [6.07, 6.45) is -0.398. The summed E-state index contributed by atoms with van der Waals surface area (Å²) in [4.78, 5) is 36.0. The van der Waals surface area contributed by atoms with Crippen LogP contribution < -0.4 is 0 Å². The molecule has 0 saturated heterocycles. The number of esters is 2. The second kappa shape index (κ2) is 9.33. The minimum Gasteiger partial charge on any atom is -0.466 e. The molecule has 122 valence electrons. The molecule has 7 nitrogen and oxygen atoms in total. The van der Waals surface area contributed by atoms with Gasteiger partial charge in [0.1, 0.15) is 6.42 Å². The van der Waals surface area contributed by atoms with E-state index in [1.54, 1.807) is 27.7 Å². The number of hydrogen-bond donors (Lipinski definition) is 1. The summed E-state index contributed by atoms with van der Waals surface area (Å²) in [7, 11) is 0. The molecule has 0 aromatic carbocycles. The van der Waals surface area contributed by atoms with Crippen molar-refractivity contribution in [3.8, 4) is 0 Å². The van der Waals surface area contributed by atoms with Crippen molar-refractivity contribution in [2.75, 3.05) is 26.3 Å². The predicted molar refractivity (Wildman–Crippen MR) is 75.4 cm³/mol. The van der Waals surface area contributed by atoms with E-state index < -0.39 is 29.9 Å². The van der Waals surface area contributed by atoms with E-state index >= 15 is 0 Å². The number of rotatable bonds is 9. The van der Waals surface area contributed by atoms with E-state index in [0.717, 1.165) is 0 Å². The molecule has 0 heterocycles. The van der Waals surface area contributed by atoms with Gasteiger partial charge in [-0.3, -0.25) is 14.4 Å². The van der Waals surface area contributed by atoms with Crippen LogP contribution in [0.25, 0.3) is 0 Å². The monoisotopic (exact) mass is 303 g/mol. The molecule has 0 aliphatic rings. The molecule has 0 aliphatic carbocycles. The van der Waals surface area contributed by atoms with Crippen LogP contribution in [0.5, 0.6) is 0 Å². The van der Waals surface area contributed by atoms with E-state index in [0.29, 0.717) is 0 Å². The fraction of sp³-hybridized carbons (Fsp3) is 0.786. The van der Waals surface area contributed by atoms with Crippen LogP contribution in [0.3, 0.4) is 0 Å². The normalized spacial score (nSPS) is 10.9. The first-order valence-electron chi connectivity index (χ1n) is 7.01. The van der Waals surface area contributed by atoms with Gasteiger partial charge in [0, 0.05) is 13.1 Å². The average Bonchev–Trinajstić information content (AvgIpc) is 2.33. The molecule has 1 amide bonds. The van der Waals surface area contributed by atoms with Crippen molar-refractivity contribution >= 4 is 17.8 Å². The van der Waals surface area contributed by atoms with Gasteiger partial charge in [-0.2, -0.15) is 0 Å². The van der Waals surface area contributed by atoms with Crippen molar-refractivity contribution in [2.45, 2.75) is 46.1 Å². The van der Waals surface area contributed by atoms with Gasteiger partial charge in [0.25, 0.3) is 0 Å². The molecule has 0 fully saturated rings.